The van der Waals surface area contributed by atoms with Gasteiger partial charge in [0.25, 0.3) is 0 Å². The number of likely N-dealkylation sites (N-methyl/N-ethyl adjacent to an activating group) is 1. The SMILES string of the molecule is CCN(CC)C(Cc1cc(F)ccc1F)C(=O)O. The van der Waals surface area contributed by atoms with Crippen LogP contribution in [0.2, 0.25) is 0 Å². The Morgan fingerprint density at radius 3 is 2.44 bits per heavy atom. The number of rotatable bonds is 6. The van der Waals surface area contributed by atoms with Gasteiger partial charge >= 0.3 is 5.97 Å². The highest BCUT2D eigenvalue weighted by molar-refractivity contribution is 5.74. The van der Waals surface area contributed by atoms with Crippen LogP contribution in [-0.2, 0) is 11.2 Å². The van der Waals surface area contributed by atoms with Crippen LogP contribution in [0.4, 0.5) is 8.78 Å². The van der Waals surface area contributed by atoms with E-state index in [1.54, 1.807) is 4.90 Å². The van der Waals surface area contributed by atoms with Gasteiger partial charge in [0.15, 0.2) is 0 Å². The van der Waals surface area contributed by atoms with Gasteiger partial charge < -0.3 is 5.11 Å². The first-order chi connectivity index (χ1) is 8.49. The molecule has 0 aliphatic rings. The van der Waals surface area contributed by atoms with Gasteiger partial charge in [-0.2, -0.15) is 0 Å². The third-order valence-corrected chi connectivity index (χ3v) is 2.96. The van der Waals surface area contributed by atoms with Crippen LogP contribution < -0.4 is 0 Å². The number of carboxylic acid groups (broad SMARTS) is 1. The summed E-state index contributed by atoms with van der Waals surface area (Å²) < 4.78 is 26.5. The monoisotopic (exact) mass is 257 g/mol. The Labute approximate surface area is 105 Å². The van der Waals surface area contributed by atoms with Crippen LogP contribution in [0.3, 0.4) is 0 Å². The van der Waals surface area contributed by atoms with Gasteiger partial charge in [-0.1, -0.05) is 13.8 Å². The van der Waals surface area contributed by atoms with Crippen LogP contribution in [0.25, 0.3) is 0 Å². The summed E-state index contributed by atoms with van der Waals surface area (Å²) in [5, 5.41) is 9.17. The van der Waals surface area contributed by atoms with Gasteiger partial charge in [0.2, 0.25) is 0 Å². The van der Waals surface area contributed by atoms with Crippen LogP contribution in [0.1, 0.15) is 19.4 Å². The largest absolute Gasteiger partial charge is 0.480 e. The average Bonchev–Trinajstić information content (AvgIpc) is 2.33. The Balaban J connectivity index is 2.96. The van der Waals surface area contributed by atoms with Gasteiger partial charge in [0.1, 0.15) is 17.7 Å². The van der Waals surface area contributed by atoms with Gasteiger partial charge in [0, 0.05) is 6.42 Å². The molecule has 0 fully saturated rings. The van der Waals surface area contributed by atoms with Crippen LogP contribution in [0, 0.1) is 11.6 Å². The molecule has 1 N–H and O–H groups in total. The third kappa shape index (κ3) is 3.50. The molecule has 0 saturated heterocycles. The summed E-state index contributed by atoms with van der Waals surface area (Å²) in [6.45, 7) is 4.76. The molecule has 1 aromatic rings. The Morgan fingerprint density at radius 2 is 1.94 bits per heavy atom. The Bertz CT molecular complexity index is 419. The predicted molar refractivity (Wildman–Crippen MR) is 64.4 cm³/mol. The number of benzene rings is 1. The fraction of sp³-hybridized carbons (Fsp3) is 0.462. The van der Waals surface area contributed by atoms with Crippen molar-refractivity contribution < 1.29 is 18.7 Å². The molecule has 0 bridgehead atoms. The second-order valence-corrected chi connectivity index (χ2v) is 4.02. The molecule has 1 unspecified atom stereocenters. The first-order valence-electron chi connectivity index (χ1n) is 5.90. The molecular weight excluding hydrogens is 240 g/mol. The van der Waals surface area contributed by atoms with Crippen LogP contribution in [0.15, 0.2) is 18.2 Å². The van der Waals surface area contributed by atoms with Gasteiger partial charge in [0.05, 0.1) is 0 Å². The molecule has 1 aromatic carbocycles. The number of aliphatic carboxylic acids is 1. The zero-order valence-corrected chi connectivity index (χ0v) is 10.5. The minimum atomic E-state index is -1.03. The van der Waals surface area contributed by atoms with Crippen molar-refractivity contribution in [2.75, 3.05) is 13.1 Å². The molecule has 3 nitrogen and oxygen atoms in total. The maximum Gasteiger partial charge on any atom is 0.321 e. The number of nitrogens with zero attached hydrogens (tertiary/aromatic N) is 1. The third-order valence-electron chi connectivity index (χ3n) is 2.96. The highest BCUT2D eigenvalue weighted by Crippen LogP contribution is 2.15. The van der Waals surface area contributed by atoms with E-state index in [1.807, 2.05) is 13.8 Å². The average molecular weight is 257 g/mol. The number of carboxylic acids is 1. The zero-order chi connectivity index (χ0) is 13.7. The normalized spacial score (nSPS) is 12.7. The molecule has 0 aliphatic heterocycles. The smallest absolute Gasteiger partial charge is 0.321 e. The molecule has 1 rings (SSSR count). The Morgan fingerprint density at radius 1 is 1.33 bits per heavy atom. The van der Waals surface area contributed by atoms with Crippen molar-refractivity contribution in [2.24, 2.45) is 0 Å². The number of hydrogen-bond acceptors (Lipinski definition) is 2. The summed E-state index contributed by atoms with van der Waals surface area (Å²) in [5.41, 5.74) is 0.0919. The molecule has 1 atom stereocenters. The van der Waals surface area contributed by atoms with E-state index in [2.05, 4.69) is 0 Å². The van der Waals surface area contributed by atoms with E-state index in [0.29, 0.717) is 13.1 Å². The van der Waals surface area contributed by atoms with Crippen LogP contribution >= 0.6 is 0 Å². The lowest BCUT2D eigenvalue weighted by Gasteiger charge is -2.26. The number of halogens is 2. The molecule has 0 aliphatic carbocycles. The van der Waals surface area contributed by atoms with E-state index in [0.717, 1.165) is 18.2 Å². The van der Waals surface area contributed by atoms with E-state index in [1.165, 1.54) is 0 Å². The van der Waals surface area contributed by atoms with Crippen molar-refractivity contribution in [2.45, 2.75) is 26.3 Å². The van der Waals surface area contributed by atoms with Gasteiger partial charge in [-0.15, -0.1) is 0 Å². The van der Waals surface area contributed by atoms with Gasteiger partial charge in [-0.25, -0.2) is 8.78 Å². The second kappa shape index (κ2) is 6.44. The maximum atomic E-state index is 13.5. The topological polar surface area (TPSA) is 40.5 Å². The predicted octanol–water partition coefficient (Wildman–Crippen LogP) is 2.30. The van der Waals surface area contributed by atoms with E-state index in [9.17, 15) is 13.6 Å². The van der Waals surface area contributed by atoms with Crippen molar-refractivity contribution in [3.63, 3.8) is 0 Å². The van der Waals surface area contributed by atoms with E-state index < -0.39 is 23.6 Å². The quantitative estimate of drug-likeness (QED) is 0.850. The lowest BCUT2D eigenvalue weighted by molar-refractivity contribution is -0.143. The summed E-state index contributed by atoms with van der Waals surface area (Å²) in [6, 6.07) is 2.25. The zero-order valence-electron chi connectivity index (χ0n) is 10.5. The Hall–Kier alpha value is -1.49. The van der Waals surface area contributed by atoms with Crippen LogP contribution in [-0.4, -0.2) is 35.1 Å². The fourth-order valence-corrected chi connectivity index (χ4v) is 1.95. The first-order valence-corrected chi connectivity index (χ1v) is 5.90. The van der Waals surface area contributed by atoms with Crippen molar-refractivity contribution in [1.82, 2.24) is 4.90 Å². The highest BCUT2D eigenvalue weighted by Gasteiger charge is 2.24. The minimum Gasteiger partial charge on any atom is -0.480 e. The fourth-order valence-electron chi connectivity index (χ4n) is 1.95. The van der Waals surface area contributed by atoms with Crippen LogP contribution in [0.5, 0.6) is 0 Å². The molecule has 0 aromatic heterocycles. The lowest BCUT2D eigenvalue weighted by Crippen LogP contribution is -2.42. The molecule has 0 radical (unpaired) electrons. The summed E-state index contributed by atoms with van der Waals surface area (Å²) in [6.07, 6.45) is -0.0411. The summed E-state index contributed by atoms with van der Waals surface area (Å²) in [5.74, 6) is -2.16. The molecule has 0 amide bonds. The van der Waals surface area contributed by atoms with Crippen molar-refractivity contribution >= 4 is 5.97 Å². The maximum absolute atomic E-state index is 13.5. The molecule has 5 heteroatoms. The van der Waals surface area contributed by atoms with E-state index >= 15 is 0 Å². The lowest BCUT2D eigenvalue weighted by atomic mass is 10.0. The van der Waals surface area contributed by atoms with Crippen molar-refractivity contribution in [1.29, 1.82) is 0 Å². The van der Waals surface area contributed by atoms with E-state index in [4.69, 9.17) is 5.11 Å². The van der Waals surface area contributed by atoms with Crippen molar-refractivity contribution in [3.05, 3.63) is 35.4 Å². The minimum absolute atomic E-state index is 0.0411. The summed E-state index contributed by atoms with van der Waals surface area (Å²) in [7, 11) is 0. The summed E-state index contributed by atoms with van der Waals surface area (Å²) >= 11 is 0. The molecular formula is C13H17F2NO2. The Kier molecular flexibility index (Phi) is 5.22. The molecule has 100 valence electrons. The van der Waals surface area contributed by atoms with Crippen molar-refractivity contribution in [3.8, 4) is 0 Å². The van der Waals surface area contributed by atoms with Gasteiger partial charge in [-0.05, 0) is 36.9 Å². The standard InChI is InChI=1S/C13H17F2NO2/c1-3-16(4-2)12(13(17)18)8-9-7-10(14)5-6-11(9)15/h5-7,12H,3-4,8H2,1-2H3,(H,17,18). The molecule has 0 saturated carbocycles. The van der Waals surface area contributed by atoms with E-state index in [-0.39, 0.29) is 12.0 Å². The summed E-state index contributed by atoms with van der Waals surface area (Å²) in [4.78, 5) is 12.9. The number of carbonyl (C=O) groups is 1. The molecule has 0 heterocycles. The number of hydrogen-bond donors (Lipinski definition) is 1. The molecule has 0 spiro atoms. The molecule has 18 heavy (non-hydrogen) atoms. The first kappa shape index (κ1) is 14.6. The van der Waals surface area contributed by atoms with Gasteiger partial charge in [-0.3, -0.25) is 9.69 Å². The second-order valence-electron chi connectivity index (χ2n) is 4.02. The highest BCUT2D eigenvalue weighted by atomic mass is 19.1.